The Hall–Kier alpha value is -2.48. The van der Waals surface area contributed by atoms with Crippen molar-refractivity contribution in [1.29, 1.82) is 0 Å². The summed E-state index contributed by atoms with van der Waals surface area (Å²) in [6.07, 6.45) is 0. The molecule has 0 aliphatic heterocycles. The lowest BCUT2D eigenvalue weighted by Gasteiger charge is -2.11. The summed E-state index contributed by atoms with van der Waals surface area (Å²) in [6, 6.07) is 6.56. The number of aryl methyl sites for hydroxylation is 1. The highest BCUT2D eigenvalue weighted by Crippen LogP contribution is 2.24. The number of aromatic nitrogens is 1. The fourth-order valence-corrected chi connectivity index (χ4v) is 2.93. The Kier molecular flexibility index (Phi) is 5.18. The van der Waals surface area contributed by atoms with Gasteiger partial charge >= 0.3 is 0 Å². The van der Waals surface area contributed by atoms with Gasteiger partial charge in [-0.25, -0.2) is 17.8 Å². The van der Waals surface area contributed by atoms with E-state index in [-0.39, 0.29) is 33.5 Å². The van der Waals surface area contributed by atoms with Gasteiger partial charge in [0.2, 0.25) is 0 Å². The number of nitrogens with one attached hydrogen (secondary N) is 1. The Morgan fingerprint density at radius 3 is 2.58 bits per heavy atom. The van der Waals surface area contributed by atoms with Crippen LogP contribution in [0.15, 0.2) is 35.2 Å². The number of carbonyl (C=O) groups is 1. The van der Waals surface area contributed by atoms with Crippen LogP contribution in [0.2, 0.25) is 0 Å². The van der Waals surface area contributed by atoms with Gasteiger partial charge in [-0.15, -0.1) is 0 Å². The second kappa shape index (κ2) is 6.96. The van der Waals surface area contributed by atoms with Crippen molar-refractivity contribution < 1.29 is 22.3 Å². The van der Waals surface area contributed by atoms with Crippen LogP contribution in [-0.2, 0) is 9.84 Å². The third-order valence-electron chi connectivity index (χ3n) is 3.42. The molecule has 0 fully saturated rings. The third kappa shape index (κ3) is 3.70. The van der Waals surface area contributed by atoms with Crippen molar-refractivity contribution >= 4 is 21.6 Å². The summed E-state index contributed by atoms with van der Waals surface area (Å²) in [5.41, 5.74) is 0.192. The highest BCUT2D eigenvalue weighted by atomic mass is 32.2. The lowest BCUT2D eigenvalue weighted by molar-refractivity contribution is 0.102. The smallest absolute Gasteiger partial charge is 0.260 e. The van der Waals surface area contributed by atoms with Crippen LogP contribution < -0.4 is 10.1 Å². The average molecular weight is 352 g/mol. The van der Waals surface area contributed by atoms with Crippen LogP contribution in [-0.4, -0.2) is 32.2 Å². The number of nitrogens with zero attached hydrogens (tertiary/aromatic N) is 1. The quantitative estimate of drug-likeness (QED) is 0.894. The van der Waals surface area contributed by atoms with Crippen molar-refractivity contribution in [3.05, 3.63) is 47.4 Å². The molecule has 0 aliphatic rings. The van der Waals surface area contributed by atoms with Crippen LogP contribution in [0.1, 0.15) is 23.0 Å². The Bertz CT molecular complexity index is 882. The molecule has 0 saturated carbocycles. The molecule has 24 heavy (non-hydrogen) atoms. The Labute approximate surface area is 139 Å². The predicted octanol–water partition coefficient (Wildman–Crippen LogP) is 2.58. The number of sulfone groups is 1. The van der Waals surface area contributed by atoms with Gasteiger partial charge in [-0.2, -0.15) is 0 Å². The minimum absolute atomic E-state index is 0.0270. The number of pyridine rings is 1. The van der Waals surface area contributed by atoms with Gasteiger partial charge in [0.15, 0.2) is 9.84 Å². The molecular formula is C16H17FN2O4S. The molecule has 0 atom stereocenters. The van der Waals surface area contributed by atoms with Crippen LogP contribution in [0.4, 0.5) is 10.2 Å². The topological polar surface area (TPSA) is 85.4 Å². The van der Waals surface area contributed by atoms with Gasteiger partial charge in [0.1, 0.15) is 17.4 Å². The fourth-order valence-electron chi connectivity index (χ4n) is 2.02. The van der Waals surface area contributed by atoms with Gasteiger partial charge in [0.25, 0.3) is 5.91 Å². The average Bonchev–Trinajstić information content (AvgIpc) is 2.57. The van der Waals surface area contributed by atoms with Crippen LogP contribution in [0, 0.1) is 12.7 Å². The molecule has 2 rings (SSSR count). The number of hydrogen-bond acceptors (Lipinski definition) is 5. The minimum Gasteiger partial charge on any atom is -0.496 e. The molecule has 0 radical (unpaired) electrons. The van der Waals surface area contributed by atoms with E-state index in [1.165, 1.54) is 51.3 Å². The van der Waals surface area contributed by atoms with Crippen LogP contribution in [0.25, 0.3) is 0 Å². The second-order valence-corrected chi connectivity index (χ2v) is 7.26. The molecule has 128 valence electrons. The number of benzene rings is 1. The molecule has 0 saturated heterocycles. The molecule has 0 aliphatic carbocycles. The zero-order valence-corrected chi connectivity index (χ0v) is 14.3. The van der Waals surface area contributed by atoms with E-state index in [9.17, 15) is 17.6 Å². The van der Waals surface area contributed by atoms with Crippen molar-refractivity contribution in [2.24, 2.45) is 0 Å². The lowest BCUT2D eigenvalue weighted by Crippen LogP contribution is -2.16. The van der Waals surface area contributed by atoms with Crippen molar-refractivity contribution in [3.8, 4) is 5.75 Å². The minimum atomic E-state index is -3.47. The van der Waals surface area contributed by atoms with Gasteiger partial charge in [0, 0.05) is 0 Å². The second-order valence-electron chi connectivity index (χ2n) is 4.98. The number of amides is 1. The first-order chi connectivity index (χ1) is 11.3. The molecule has 0 unspecified atom stereocenters. The largest absolute Gasteiger partial charge is 0.496 e. The summed E-state index contributed by atoms with van der Waals surface area (Å²) < 4.78 is 42.3. The van der Waals surface area contributed by atoms with E-state index in [0.717, 1.165) is 0 Å². The first-order valence-corrected chi connectivity index (χ1v) is 8.79. The summed E-state index contributed by atoms with van der Waals surface area (Å²) >= 11 is 0. The van der Waals surface area contributed by atoms with E-state index < -0.39 is 21.6 Å². The molecular weight excluding hydrogens is 335 g/mol. The number of hydrogen-bond donors (Lipinski definition) is 1. The zero-order chi connectivity index (χ0) is 17.9. The standard InChI is InChI=1S/C16H17FN2O4S/c1-4-24(21,22)11-5-7-14(23-3)12(9-11)16(20)19-15-8-6-13(17)10(2)18-15/h5-9H,4H2,1-3H3,(H,18,19,20). The Morgan fingerprint density at radius 1 is 1.29 bits per heavy atom. The maximum atomic E-state index is 13.2. The first-order valence-electron chi connectivity index (χ1n) is 7.13. The van der Waals surface area contributed by atoms with E-state index in [1.807, 2.05) is 0 Å². The Morgan fingerprint density at radius 2 is 2.00 bits per heavy atom. The molecule has 1 aromatic heterocycles. The fraction of sp³-hybridized carbons (Fsp3) is 0.250. The summed E-state index contributed by atoms with van der Waals surface area (Å²) in [6.45, 7) is 2.99. The molecule has 6 nitrogen and oxygen atoms in total. The summed E-state index contributed by atoms with van der Waals surface area (Å²) in [4.78, 5) is 16.4. The first kappa shape index (κ1) is 17.9. The number of carbonyl (C=O) groups excluding carboxylic acids is 1. The normalized spacial score (nSPS) is 11.2. The van der Waals surface area contributed by atoms with E-state index in [4.69, 9.17) is 4.74 Å². The van der Waals surface area contributed by atoms with Gasteiger partial charge in [0.05, 0.1) is 29.0 Å². The summed E-state index contributed by atoms with van der Waals surface area (Å²) in [5.74, 6) is -0.787. The van der Waals surface area contributed by atoms with Crippen molar-refractivity contribution in [2.45, 2.75) is 18.7 Å². The van der Waals surface area contributed by atoms with E-state index in [2.05, 4.69) is 10.3 Å². The van der Waals surface area contributed by atoms with E-state index in [0.29, 0.717) is 0 Å². The SMILES string of the molecule is CCS(=O)(=O)c1ccc(OC)c(C(=O)Nc2ccc(F)c(C)n2)c1. The van der Waals surface area contributed by atoms with Gasteiger partial charge in [-0.05, 0) is 37.3 Å². The summed E-state index contributed by atoms with van der Waals surface area (Å²) in [5, 5.41) is 2.51. The van der Waals surface area contributed by atoms with Crippen molar-refractivity contribution in [2.75, 3.05) is 18.2 Å². The number of rotatable bonds is 5. The predicted molar refractivity (Wildman–Crippen MR) is 87.6 cm³/mol. The molecule has 1 aromatic carbocycles. The van der Waals surface area contributed by atoms with Gasteiger partial charge in [-0.1, -0.05) is 6.92 Å². The highest BCUT2D eigenvalue weighted by Gasteiger charge is 2.19. The monoisotopic (exact) mass is 352 g/mol. The van der Waals surface area contributed by atoms with Gasteiger partial charge in [-0.3, -0.25) is 4.79 Å². The zero-order valence-electron chi connectivity index (χ0n) is 13.5. The molecule has 1 amide bonds. The third-order valence-corrected chi connectivity index (χ3v) is 5.15. The summed E-state index contributed by atoms with van der Waals surface area (Å²) in [7, 11) is -2.09. The molecule has 1 N–H and O–H groups in total. The van der Waals surface area contributed by atoms with Crippen LogP contribution in [0.3, 0.4) is 0 Å². The van der Waals surface area contributed by atoms with E-state index >= 15 is 0 Å². The van der Waals surface area contributed by atoms with Crippen LogP contribution >= 0.6 is 0 Å². The van der Waals surface area contributed by atoms with Crippen molar-refractivity contribution in [1.82, 2.24) is 4.98 Å². The molecule has 2 aromatic rings. The molecule has 1 heterocycles. The maximum Gasteiger partial charge on any atom is 0.260 e. The number of anilines is 1. The van der Waals surface area contributed by atoms with Crippen LogP contribution in [0.5, 0.6) is 5.75 Å². The Balaban J connectivity index is 2.40. The van der Waals surface area contributed by atoms with Crippen molar-refractivity contribution in [3.63, 3.8) is 0 Å². The maximum absolute atomic E-state index is 13.2. The van der Waals surface area contributed by atoms with Gasteiger partial charge < -0.3 is 10.1 Å². The van der Waals surface area contributed by atoms with E-state index in [1.54, 1.807) is 0 Å². The molecule has 0 bridgehead atoms. The lowest BCUT2D eigenvalue weighted by atomic mass is 10.2. The number of halogens is 1. The number of methoxy groups -OCH3 is 1. The molecule has 8 heteroatoms. The highest BCUT2D eigenvalue weighted by molar-refractivity contribution is 7.91. The molecule has 0 spiro atoms. The number of ether oxygens (including phenoxy) is 1.